The summed E-state index contributed by atoms with van der Waals surface area (Å²) in [5, 5.41) is 14.3. The first-order chi connectivity index (χ1) is 15.0. The SMILES string of the molecule is CNC(=O)c1ccccc1N1CC(O)C(N2CCC3(CC2)Cc2cc(Cl)ccc2O3)C1. The number of hydrogen-bond acceptors (Lipinski definition) is 5. The quantitative estimate of drug-likeness (QED) is 0.766. The largest absolute Gasteiger partial charge is 0.487 e. The van der Waals surface area contributed by atoms with Crippen LogP contribution in [0.5, 0.6) is 5.75 Å². The topological polar surface area (TPSA) is 65.0 Å². The first-order valence-electron chi connectivity index (χ1n) is 10.9. The van der Waals surface area contributed by atoms with Crippen molar-refractivity contribution < 1.29 is 14.6 Å². The Kier molecular flexibility index (Phi) is 5.32. The predicted molar refractivity (Wildman–Crippen MR) is 121 cm³/mol. The van der Waals surface area contributed by atoms with E-state index >= 15 is 0 Å². The van der Waals surface area contributed by atoms with E-state index in [2.05, 4.69) is 15.1 Å². The van der Waals surface area contributed by atoms with Gasteiger partial charge in [-0.15, -0.1) is 0 Å². The summed E-state index contributed by atoms with van der Waals surface area (Å²) in [5.74, 6) is 0.849. The molecule has 2 unspecified atom stereocenters. The van der Waals surface area contributed by atoms with Gasteiger partial charge in [-0.3, -0.25) is 9.69 Å². The number of nitrogens with one attached hydrogen (secondary N) is 1. The number of ether oxygens (including phenoxy) is 1. The molecule has 1 amide bonds. The van der Waals surface area contributed by atoms with Gasteiger partial charge in [0.1, 0.15) is 11.4 Å². The number of para-hydroxylation sites is 1. The van der Waals surface area contributed by atoms with Gasteiger partial charge in [-0.25, -0.2) is 0 Å². The third-order valence-electron chi connectivity index (χ3n) is 7.02. The average Bonchev–Trinajstić information content (AvgIpc) is 3.33. The summed E-state index contributed by atoms with van der Waals surface area (Å²) < 4.78 is 6.37. The van der Waals surface area contributed by atoms with Gasteiger partial charge < -0.3 is 20.1 Å². The number of carbonyl (C=O) groups excluding carboxylic acids is 1. The molecule has 0 radical (unpaired) electrons. The van der Waals surface area contributed by atoms with E-state index in [1.165, 1.54) is 5.56 Å². The molecule has 7 heteroatoms. The fourth-order valence-corrected chi connectivity index (χ4v) is 5.54. The van der Waals surface area contributed by atoms with Crippen LogP contribution < -0.4 is 15.0 Å². The molecule has 5 rings (SSSR count). The summed E-state index contributed by atoms with van der Waals surface area (Å²) in [5.41, 5.74) is 2.56. The second-order valence-corrected chi connectivity index (χ2v) is 9.32. The lowest BCUT2D eigenvalue weighted by atomic mass is 9.86. The molecule has 164 valence electrons. The molecule has 2 N–H and O–H groups in total. The van der Waals surface area contributed by atoms with Crippen molar-refractivity contribution >= 4 is 23.2 Å². The number of likely N-dealkylation sites (tertiary alicyclic amines) is 1. The van der Waals surface area contributed by atoms with Crippen molar-refractivity contribution in [2.75, 3.05) is 38.1 Å². The molecule has 2 saturated heterocycles. The fraction of sp³-hybridized carbons (Fsp3) is 0.458. The maximum atomic E-state index is 12.3. The van der Waals surface area contributed by atoms with Crippen LogP contribution in [-0.2, 0) is 6.42 Å². The zero-order valence-corrected chi connectivity index (χ0v) is 18.4. The van der Waals surface area contributed by atoms with Crippen LogP contribution in [0.1, 0.15) is 28.8 Å². The third kappa shape index (κ3) is 3.77. The normalized spacial score (nSPS) is 24.8. The molecule has 31 heavy (non-hydrogen) atoms. The van der Waals surface area contributed by atoms with Crippen LogP contribution in [0.15, 0.2) is 42.5 Å². The molecular formula is C24H28ClN3O3. The highest BCUT2D eigenvalue weighted by Gasteiger charge is 2.45. The monoisotopic (exact) mass is 441 g/mol. The number of nitrogens with zero attached hydrogens (tertiary/aromatic N) is 2. The van der Waals surface area contributed by atoms with E-state index in [9.17, 15) is 9.90 Å². The number of fused-ring (bicyclic) bond motifs is 1. The van der Waals surface area contributed by atoms with E-state index in [-0.39, 0.29) is 17.6 Å². The Balaban J connectivity index is 1.26. The lowest BCUT2D eigenvalue weighted by Gasteiger charge is -2.41. The Morgan fingerprint density at radius 3 is 2.74 bits per heavy atom. The smallest absolute Gasteiger partial charge is 0.253 e. The maximum Gasteiger partial charge on any atom is 0.253 e. The van der Waals surface area contributed by atoms with Crippen LogP contribution in [0.3, 0.4) is 0 Å². The van der Waals surface area contributed by atoms with Crippen molar-refractivity contribution in [3.8, 4) is 5.75 Å². The van der Waals surface area contributed by atoms with E-state index in [0.29, 0.717) is 18.7 Å². The molecule has 3 aliphatic heterocycles. The molecule has 2 aromatic carbocycles. The van der Waals surface area contributed by atoms with Crippen molar-refractivity contribution in [3.05, 3.63) is 58.6 Å². The molecule has 0 bridgehead atoms. The van der Waals surface area contributed by atoms with E-state index < -0.39 is 6.10 Å². The Hall–Kier alpha value is -2.28. The van der Waals surface area contributed by atoms with Gasteiger partial charge >= 0.3 is 0 Å². The summed E-state index contributed by atoms with van der Waals surface area (Å²) in [6.45, 7) is 3.00. The molecule has 0 aliphatic carbocycles. The van der Waals surface area contributed by atoms with Gasteiger partial charge in [0, 0.05) is 63.2 Å². The van der Waals surface area contributed by atoms with Gasteiger partial charge in [-0.2, -0.15) is 0 Å². The molecule has 3 heterocycles. The lowest BCUT2D eigenvalue weighted by Crippen LogP contribution is -2.53. The summed E-state index contributed by atoms with van der Waals surface area (Å²) in [6, 6.07) is 13.5. The van der Waals surface area contributed by atoms with Crippen molar-refractivity contribution in [3.63, 3.8) is 0 Å². The number of aliphatic hydroxyl groups excluding tert-OH is 1. The predicted octanol–water partition coefficient (Wildman–Crippen LogP) is 2.72. The van der Waals surface area contributed by atoms with Gasteiger partial charge in [-0.05, 0) is 35.9 Å². The molecular weight excluding hydrogens is 414 g/mol. The molecule has 0 saturated carbocycles. The number of anilines is 1. The lowest BCUT2D eigenvalue weighted by molar-refractivity contribution is -0.0107. The molecule has 2 fully saturated rings. The van der Waals surface area contributed by atoms with Crippen LogP contribution in [0, 0.1) is 0 Å². The van der Waals surface area contributed by atoms with Crippen molar-refractivity contribution in [1.82, 2.24) is 10.2 Å². The van der Waals surface area contributed by atoms with Crippen molar-refractivity contribution in [1.29, 1.82) is 0 Å². The number of aliphatic hydroxyl groups is 1. The number of amides is 1. The highest BCUT2D eigenvalue weighted by molar-refractivity contribution is 6.30. The Morgan fingerprint density at radius 2 is 1.97 bits per heavy atom. The average molecular weight is 442 g/mol. The number of benzene rings is 2. The number of β-amino-alcohol motifs (C(OH)–C–C–N with tert-alkyl or cyclic N) is 1. The molecule has 2 atom stereocenters. The second-order valence-electron chi connectivity index (χ2n) is 8.89. The number of hydrogen-bond donors (Lipinski definition) is 2. The number of rotatable bonds is 3. The molecule has 0 aromatic heterocycles. The molecule has 3 aliphatic rings. The third-order valence-corrected chi connectivity index (χ3v) is 7.25. The van der Waals surface area contributed by atoms with E-state index in [4.69, 9.17) is 16.3 Å². The van der Waals surface area contributed by atoms with Crippen LogP contribution in [0.2, 0.25) is 5.02 Å². The van der Waals surface area contributed by atoms with Gasteiger partial charge in [-0.1, -0.05) is 23.7 Å². The zero-order chi connectivity index (χ0) is 21.6. The summed E-state index contributed by atoms with van der Waals surface area (Å²) in [7, 11) is 1.64. The Labute approximate surface area is 187 Å². The minimum Gasteiger partial charge on any atom is -0.487 e. The minimum atomic E-state index is -0.452. The fourth-order valence-electron chi connectivity index (χ4n) is 5.35. The zero-order valence-electron chi connectivity index (χ0n) is 17.7. The highest BCUT2D eigenvalue weighted by Crippen LogP contribution is 2.42. The van der Waals surface area contributed by atoms with Crippen LogP contribution in [-0.4, -0.2) is 66.9 Å². The van der Waals surface area contributed by atoms with Crippen LogP contribution in [0.25, 0.3) is 0 Å². The molecule has 6 nitrogen and oxygen atoms in total. The Bertz CT molecular complexity index is 990. The minimum absolute atomic E-state index is 0.0494. The molecule has 2 aromatic rings. The van der Waals surface area contributed by atoms with Crippen molar-refractivity contribution in [2.24, 2.45) is 0 Å². The van der Waals surface area contributed by atoms with Gasteiger partial charge in [0.15, 0.2) is 0 Å². The number of carbonyl (C=O) groups is 1. The van der Waals surface area contributed by atoms with Gasteiger partial charge in [0.05, 0.1) is 17.7 Å². The van der Waals surface area contributed by atoms with E-state index in [0.717, 1.165) is 48.8 Å². The van der Waals surface area contributed by atoms with Crippen LogP contribution in [0.4, 0.5) is 5.69 Å². The van der Waals surface area contributed by atoms with E-state index in [1.807, 2.05) is 42.5 Å². The summed E-state index contributed by atoms with van der Waals surface area (Å²) in [6.07, 6.45) is 2.30. The first kappa shape index (κ1) is 20.6. The van der Waals surface area contributed by atoms with Gasteiger partial charge in [0.25, 0.3) is 5.91 Å². The van der Waals surface area contributed by atoms with Crippen molar-refractivity contribution in [2.45, 2.75) is 37.0 Å². The number of halogens is 1. The number of piperidine rings is 1. The Morgan fingerprint density at radius 1 is 1.19 bits per heavy atom. The van der Waals surface area contributed by atoms with Crippen LogP contribution >= 0.6 is 11.6 Å². The standard InChI is InChI=1S/C24H28ClN3O3/c1-26-23(30)18-4-2-3-5-19(18)28-14-20(21(29)15-28)27-10-8-24(9-11-27)13-16-12-17(25)6-7-22(16)31-24/h2-7,12,20-21,29H,8-11,13-15H2,1H3,(H,26,30). The first-order valence-corrected chi connectivity index (χ1v) is 11.3. The summed E-state index contributed by atoms with van der Waals surface area (Å²) in [4.78, 5) is 16.8. The second kappa shape index (κ2) is 8.01. The maximum absolute atomic E-state index is 12.3. The highest BCUT2D eigenvalue weighted by atomic mass is 35.5. The van der Waals surface area contributed by atoms with E-state index in [1.54, 1.807) is 7.05 Å². The summed E-state index contributed by atoms with van der Waals surface area (Å²) >= 11 is 6.16. The molecule has 1 spiro atoms. The van der Waals surface area contributed by atoms with Gasteiger partial charge in [0.2, 0.25) is 0 Å².